The van der Waals surface area contributed by atoms with E-state index in [1.165, 1.54) is 0 Å². The first-order chi connectivity index (χ1) is 10.1. The maximum atomic E-state index is 12.1. The van der Waals surface area contributed by atoms with E-state index >= 15 is 0 Å². The molecule has 120 valence electrons. The number of amides is 1. The molecule has 0 saturated carbocycles. The van der Waals surface area contributed by atoms with E-state index in [4.69, 9.17) is 5.73 Å². The first kappa shape index (κ1) is 19.6. The number of nitrogens with one attached hydrogen (secondary N) is 1. The van der Waals surface area contributed by atoms with Crippen molar-refractivity contribution in [3.8, 4) is 0 Å². The molecule has 0 aliphatic heterocycles. The van der Waals surface area contributed by atoms with Crippen LogP contribution < -0.4 is 11.1 Å². The van der Waals surface area contributed by atoms with E-state index in [0.717, 1.165) is 36.3 Å². The minimum atomic E-state index is 0.0271. The van der Waals surface area contributed by atoms with E-state index in [1.54, 1.807) is 0 Å². The summed E-state index contributed by atoms with van der Waals surface area (Å²) < 4.78 is 0. The lowest BCUT2D eigenvalue weighted by atomic mass is 10.1. The Hall–Kier alpha value is -1.39. The lowest BCUT2D eigenvalue weighted by molar-refractivity contribution is -0.117. The monoisotopic (exact) mass is 293 g/mol. The highest BCUT2D eigenvalue weighted by Gasteiger charge is 2.11. The molecule has 1 aromatic rings. The fourth-order valence-electron chi connectivity index (χ4n) is 2.16. The summed E-state index contributed by atoms with van der Waals surface area (Å²) in [5.74, 6) is 0.0271. The molecule has 1 rings (SSSR count). The quantitative estimate of drug-likeness (QED) is 0.812. The molecule has 0 aromatic heterocycles. The predicted octanol–water partition coefficient (Wildman–Crippen LogP) is 2.94. The smallest absolute Gasteiger partial charge is 0.238 e. The minimum absolute atomic E-state index is 0.0271. The molecule has 0 aliphatic carbocycles. The van der Waals surface area contributed by atoms with Gasteiger partial charge in [0.25, 0.3) is 0 Å². The first-order valence-corrected chi connectivity index (χ1v) is 7.87. The summed E-state index contributed by atoms with van der Waals surface area (Å²) in [7, 11) is 0. The van der Waals surface area contributed by atoms with Crippen molar-refractivity contribution in [2.75, 3.05) is 31.5 Å². The summed E-state index contributed by atoms with van der Waals surface area (Å²) in [5.41, 5.74) is 8.67. The Morgan fingerprint density at radius 1 is 1.19 bits per heavy atom. The second-order valence-corrected chi connectivity index (χ2v) is 4.88. The van der Waals surface area contributed by atoms with Gasteiger partial charge >= 0.3 is 0 Å². The van der Waals surface area contributed by atoms with Gasteiger partial charge in [-0.2, -0.15) is 0 Å². The van der Waals surface area contributed by atoms with Gasteiger partial charge in [0.05, 0.1) is 6.54 Å². The van der Waals surface area contributed by atoms with Gasteiger partial charge in [-0.3, -0.25) is 9.69 Å². The van der Waals surface area contributed by atoms with Gasteiger partial charge in [-0.1, -0.05) is 39.0 Å². The molecule has 0 unspecified atom stereocenters. The number of nitrogens with two attached hydrogens (primary N) is 1. The summed E-state index contributed by atoms with van der Waals surface area (Å²) >= 11 is 0. The van der Waals surface area contributed by atoms with Crippen LogP contribution in [0.2, 0.25) is 0 Å². The van der Waals surface area contributed by atoms with Crippen LogP contribution in [-0.4, -0.2) is 37.0 Å². The van der Waals surface area contributed by atoms with E-state index in [2.05, 4.69) is 17.1 Å². The molecule has 3 N–H and O–H groups in total. The zero-order valence-corrected chi connectivity index (χ0v) is 14.2. The summed E-state index contributed by atoms with van der Waals surface area (Å²) in [6.45, 7) is 12.8. The molecule has 0 atom stereocenters. The van der Waals surface area contributed by atoms with Crippen molar-refractivity contribution in [2.24, 2.45) is 5.73 Å². The van der Waals surface area contributed by atoms with Crippen molar-refractivity contribution in [3.05, 3.63) is 29.3 Å². The molecule has 0 bridgehead atoms. The average Bonchev–Trinajstić information content (AvgIpc) is 2.46. The third-order valence-electron chi connectivity index (χ3n) is 3.10. The van der Waals surface area contributed by atoms with Crippen LogP contribution in [0.5, 0.6) is 0 Å². The Labute approximate surface area is 129 Å². The average molecular weight is 293 g/mol. The van der Waals surface area contributed by atoms with Crippen molar-refractivity contribution in [1.82, 2.24) is 4.90 Å². The van der Waals surface area contributed by atoms with E-state index in [-0.39, 0.29) is 5.91 Å². The predicted molar refractivity (Wildman–Crippen MR) is 91.7 cm³/mol. The van der Waals surface area contributed by atoms with Gasteiger partial charge in [0.1, 0.15) is 0 Å². The van der Waals surface area contributed by atoms with Gasteiger partial charge in [-0.25, -0.2) is 0 Å². The van der Waals surface area contributed by atoms with Crippen LogP contribution in [-0.2, 0) is 4.79 Å². The lowest BCUT2D eigenvalue weighted by Crippen LogP contribution is -2.37. The van der Waals surface area contributed by atoms with Crippen LogP contribution >= 0.6 is 0 Å². The molecule has 1 aromatic carbocycles. The highest BCUT2D eigenvalue weighted by atomic mass is 16.2. The van der Waals surface area contributed by atoms with Crippen molar-refractivity contribution < 1.29 is 4.79 Å². The summed E-state index contributed by atoms with van der Waals surface area (Å²) in [6.07, 6.45) is 1.02. The first-order valence-electron chi connectivity index (χ1n) is 7.87. The highest BCUT2D eigenvalue weighted by molar-refractivity contribution is 5.93. The molecule has 0 spiro atoms. The third kappa shape index (κ3) is 7.25. The SMILES string of the molecule is CC.CCCN(CCN)CC(=O)Nc1c(C)cccc1C. The molecule has 21 heavy (non-hydrogen) atoms. The lowest BCUT2D eigenvalue weighted by Gasteiger charge is -2.20. The second-order valence-electron chi connectivity index (χ2n) is 4.88. The van der Waals surface area contributed by atoms with Crippen LogP contribution in [0.1, 0.15) is 38.3 Å². The van der Waals surface area contributed by atoms with E-state index in [9.17, 15) is 4.79 Å². The molecule has 0 heterocycles. The Morgan fingerprint density at radius 3 is 2.24 bits per heavy atom. The van der Waals surface area contributed by atoms with Gasteiger partial charge in [-0.05, 0) is 37.9 Å². The maximum absolute atomic E-state index is 12.1. The zero-order valence-electron chi connectivity index (χ0n) is 14.2. The Morgan fingerprint density at radius 2 is 1.76 bits per heavy atom. The van der Waals surface area contributed by atoms with Crippen LogP contribution in [0, 0.1) is 13.8 Å². The molecule has 0 fully saturated rings. The van der Waals surface area contributed by atoms with Gasteiger partial charge in [0.15, 0.2) is 0 Å². The molecule has 4 heteroatoms. The fourth-order valence-corrected chi connectivity index (χ4v) is 2.16. The molecule has 0 saturated heterocycles. The molecule has 4 nitrogen and oxygen atoms in total. The molecule has 0 aliphatic rings. The number of benzene rings is 1. The molecular weight excluding hydrogens is 262 g/mol. The number of carbonyl (C=O) groups is 1. The Bertz CT molecular complexity index is 392. The zero-order chi connectivity index (χ0) is 16.3. The summed E-state index contributed by atoms with van der Waals surface area (Å²) in [4.78, 5) is 14.2. The van der Waals surface area contributed by atoms with Crippen molar-refractivity contribution >= 4 is 11.6 Å². The number of rotatable bonds is 7. The van der Waals surface area contributed by atoms with E-state index < -0.39 is 0 Å². The number of aryl methyl sites for hydroxylation is 2. The standard InChI is InChI=1S/C15H25N3O.C2H6/c1-4-9-18(10-8-16)11-14(19)17-15-12(2)6-5-7-13(15)3;1-2/h5-7H,4,8-11,16H2,1-3H3,(H,17,19);1-2H3. The van der Waals surface area contributed by atoms with Gasteiger partial charge in [0, 0.05) is 18.8 Å². The van der Waals surface area contributed by atoms with Crippen molar-refractivity contribution in [3.63, 3.8) is 0 Å². The number of nitrogens with zero attached hydrogens (tertiary/aromatic N) is 1. The number of hydrogen-bond donors (Lipinski definition) is 2. The maximum Gasteiger partial charge on any atom is 0.238 e. The van der Waals surface area contributed by atoms with Crippen LogP contribution in [0.25, 0.3) is 0 Å². The van der Waals surface area contributed by atoms with Gasteiger partial charge in [-0.15, -0.1) is 0 Å². The summed E-state index contributed by atoms with van der Waals surface area (Å²) in [5, 5.41) is 3.00. The largest absolute Gasteiger partial charge is 0.329 e. The Balaban J connectivity index is 0.00000191. The fraction of sp³-hybridized carbons (Fsp3) is 0.588. The van der Waals surface area contributed by atoms with Gasteiger partial charge < -0.3 is 11.1 Å². The summed E-state index contributed by atoms with van der Waals surface area (Å²) in [6, 6.07) is 6.01. The van der Waals surface area contributed by atoms with Crippen molar-refractivity contribution in [2.45, 2.75) is 41.0 Å². The molecule has 1 amide bonds. The normalized spacial score (nSPS) is 10.0. The number of para-hydroxylation sites is 1. The minimum Gasteiger partial charge on any atom is -0.329 e. The highest BCUT2D eigenvalue weighted by Crippen LogP contribution is 2.19. The molecule has 0 radical (unpaired) electrons. The van der Waals surface area contributed by atoms with Crippen LogP contribution in [0.15, 0.2) is 18.2 Å². The van der Waals surface area contributed by atoms with Gasteiger partial charge in [0.2, 0.25) is 5.91 Å². The number of anilines is 1. The van der Waals surface area contributed by atoms with Crippen molar-refractivity contribution in [1.29, 1.82) is 0 Å². The van der Waals surface area contributed by atoms with Crippen LogP contribution in [0.4, 0.5) is 5.69 Å². The molecular formula is C17H31N3O. The van der Waals surface area contributed by atoms with Crippen LogP contribution in [0.3, 0.4) is 0 Å². The van der Waals surface area contributed by atoms with E-state index in [1.807, 2.05) is 45.9 Å². The third-order valence-corrected chi connectivity index (χ3v) is 3.10. The Kier molecular flexibility index (Phi) is 10.5. The second kappa shape index (κ2) is 11.3. The topological polar surface area (TPSA) is 58.4 Å². The number of hydrogen-bond acceptors (Lipinski definition) is 3. The van der Waals surface area contributed by atoms with E-state index in [0.29, 0.717) is 13.1 Å². The number of carbonyl (C=O) groups excluding carboxylic acids is 1.